The minimum Gasteiger partial charge on any atom is -0.383 e. The van der Waals surface area contributed by atoms with Gasteiger partial charge in [0, 0.05) is 12.6 Å². The maximum Gasteiger partial charge on any atom is 0.133 e. The lowest BCUT2D eigenvalue weighted by Gasteiger charge is -2.05. The van der Waals surface area contributed by atoms with Gasteiger partial charge in [-0.15, -0.1) is 0 Å². The summed E-state index contributed by atoms with van der Waals surface area (Å²) in [6.45, 7) is 0.580. The summed E-state index contributed by atoms with van der Waals surface area (Å²) >= 11 is 0. The average molecular weight is 216 g/mol. The third kappa shape index (κ3) is 2.70. The van der Waals surface area contributed by atoms with Gasteiger partial charge in [-0.3, -0.25) is 0 Å². The molecule has 3 N–H and O–H groups in total. The number of hydrogen-bond acceptors (Lipinski definition) is 3. The number of nitrogens with two attached hydrogens (primary N) is 1. The fourth-order valence-electron chi connectivity index (χ4n) is 1.30. The topological polar surface area (TPSA) is 50.9 Å². The Kier molecular flexibility index (Phi) is 3.00. The van der Waals surface area contributed by atoms with E-state index in [4.69, 9.17) is 5.73 Å². The molecule has 3 nitrogen and oxygen atoms in total. The van der Waals surface area contributed by atoms with Crippen molar-refractivity contribution in [2.24, 2.45) is 0 Å². The highest BCUT2D eigenvalue weighted by atomic mass is 19.1. The molecule has 81 valence electrons. The van der Waals surface area contributed by atoms with E-state index in [1.807, 2.05) is 0 Å². The Labute approximate surface area is 93.1 Å². The van der Waals surface area contributed by atoms with Crippen LogP contribution < -0.4 is 11.1 Å². The van der Waals surface area contributed by atoms with Crippen molar-refractivity contribution in [2.75, 3.05) is 11.1 Å². The second kappa shape index (κ2) is 4.61. The minimum atomic E-state index is -0.236. The lowest BCUT2D eigenvalue weighted by Crippen LogP contribution is -2.02. The summed E-state index contributed by atoms with van der Waals surface area (Å²) in [5.41, 5.74) is 6.47. The molecule has 0 aliphatic heterocycles. The smallest absolute Gasteiger partial charge is 0.133 e. The van der Waals surface area contributed by atoms with Crippen LogP contribution in [-0.2, 0) is 6.54 Å². The molecule has 0 aliphatic rings. The van der Waals surface area contributed by atoms with Crippen LogP contribution in [0.1, 0.15) is 5.56 Å². The first-order chi connectivity index (χ1) is 7.74. The zero-order valence-electron chi connectivity index (χ0n) is 8.57. The Hall–Kier alpha value is -2.10. The molecule has 2 rings (SSSR count). The molecule has 0 spiro atoms. The second-order valence-corrected chi connectivity index (χ2v) is 3.34. The van der Waals surface area contributed by atoms with Gasteiger partial charge in [-0.1, -0.05) is 12.1 Å². The first kappa shape index (κ1) is 10.4. The predicted octanol–water partition coefficient (Wildman–Crippen LogP) is 2.22. The maximum absolute atomic E-state index is 12.6. The number of aromatic nitrogens is 1. The van der Waals surface area contributed by atoms with E-state index in [0.29, 0.717) is 18.2 Å². The third-order valence-electron chi connectivity index (χ3n) is 2.10. The van der Waals surface area contributed by atoms with Crippen LogP contribution in [0.2, 0.25) is 0 Å². The number of anilines is 2. The number of halogens is 1. The van der Waals surface area contributed by atoms with E-state index in [0.717, 1.165) is 5.56 Å². The Balaban J connectivity index is 1.99. The molecule has 1 aromatic heterocycles. The lowest BCUT2D eigenvalue weighted by atomic mass is 10.2. The second-order valence-electron chi connectivity index (χ2n) is 3.34. The van der Waals surface area contributed by atoms with E-state index in [-0.39, 0.29) is 5.82 Å². The molecule has 0 aliphatic carbocycles. The van der Waals surface area contributed by atoms with Crippen LogP contribution in [-0.4, -0.2) is 4.98 Å². The third-order valence-corrected chi connectivity index (χ3v) is 2.10. The molecule has 1 heterocycles. The van der Waals surface area contributed by atoms with Crippen molar-refractivity contribution < 1.29 is 4.39 Å². The SMILES string of the molecule is Nc1[c]ccc(NCc2ccc(F)cc2)n1. The van der Waals surface area contributed by atoms with Gasteiger partial charge in [0.25, 0.3) is 0 Å². The summed E-state index contributed by atoms with van der Waals surface area (Å²) in [5, 5.41) is 3.09. The molecular formula is C12H11FN3. The highest BCUT2D eigenvalue weighted by molar-refractivity contribution is 5.41. The monoisotopic (exact) mass is 216 g/mol. The first-order valence-electron chi connectivity index (χ1n) is 4.86. The van der Waals surface area contributed by atoms with Crippen molar-refractivity contribution in [3.63, 3.8) is 0 Å². The highest BCUT2D eigenvalue weighted by Gasteiger charge is 1.96. The molecule has 1 radical (unpaired) electrons. The van der Waals surface area contributed by atoms with Gasteiger partial charge in [0.15, 0.2) is 0 Å². The van der Waals surface area contributed by atoms with Gasteiger partial charge in [0.05, 0.1) is 0 Å². The van der Waals surface area contributed by atoms with Gasteiger partial charge in [0.2, 0.25) is 0 Å². The molecule has 0 bridgehead atoms. The average Bonchev–Trinajstić information content (AvgIpc) is 2.28. The standard InChI is InChI=1S/C12H11FN3/c13-10-6-4-9(5-7-10)8-15-12-3-1-2-11(14)16-12/h1,3-7H,8H2,(H3,14,15,16). The first-order valence-corrected chi connectivity index (χ1v) is 4.86. The van der Waals surface area contributed by atoms with Crippen molar-refractivity contribution in [1.29, 1.82) is 0 Å². The number of rotatable bonds is 3. The Bertz CT molecular complexity index is 468. The summed E-state index contributed by atoms with van der Waals surface area (Å²) in [5.74, 6) is 0.796. The summed E-state index contributed by atoms with van der Waals surface area (Å²) < 4.78 is 12.6. The fraction of sp³-hybridized carbons (Fsp3) is 0.0833. The fourth-order valence-corrected chi connectivity index (χ4v) is 1.30. The van der Waals surface area contributed by atoms with Gasteiger partial charge in [-0.25, -0.2) is 9.37 Å². The van der Waals surface area contributed by atoms with Crippen LogP contribution in [0.3, 0.4) is 0 Å². The van der Waals surface area contributed by atoms with Crippen molar-refractivity contribution in [1.82, 2.24) is 4.98 Å². The van der Waals surface area contributed by atoms with E-state index >= 15 is 0 Å². The van der Waals surface area contributed by atoms with E-state index in [1.54, 1.807) is 24.3 Å². The van der Waals surface area contributed by atoms with Gasteiger partial charge >= 0.3 is 0 Å². The Morgan fingerprint density at radius 2 is 2.00 bits per heavy atom. The van der Waals surface area contributed by atoms with Crippen LogP contribution >= 0.6 is 0 Å². The molecule has 0 unspecified atom stereocenters. The molecule has 0 saturated heterocycles. The zero-order valence-corrected chi connectivity index (χ0v) is 8.57. The highest BCUT2D eigenvalue weighted by Crippen LogP contribution is 2.08. The molecule has 1 aromatic carbocycles. The van der Waals surface area contributed by atoms with E-state index < -0.39 is 0 Å². The number of hydrogen-bond donors (Lipinski definition) is 2. The van der Waals surface area contributed by atoms with E-state index in [9.17, 15) is 4.39 Å². The number of pyridine rings is 1. The van der Waals surface area contributed by atoms with Gasteiger partial charge in [-0.05, 0) is 29.8 Å². The summed E-state index contributed by atoms with van der Waals surface area (Å²) in [4.78, 5) is 4.04. The Morgan fingerprint density at radius 3 is 2.69 bits per heavy atom. The lowest BCUT2D eigenvalue weighted by molar-refractivity contribution is 0.627. The van der Waals surface area contributed by atoms with Crippen molar-refractivity contribution in [2.45, 2.75) is 6.54 Å². The van der Waals surface area contributed by atoms with Gasteiger partial charge in [0.1, 0.15) is 17.5 Å². The minimum absolute atomic E-state index is 0.236. The van der Waals surface area contributed by atoms with Crippen molar-refractivity contribution in [3.8, 4) is 0 Å². The molecular weight excluding hydrogens is 205 g/mol. The largest absolute Gasteiger partial charge is 0.383 e. The predicted molar refractivity (Wildman–Crippen MR) is 61.2 cm³/mol. The molecule has 0 saturated carbocycles. The van der Waals surface area contributed by atoms with Gasteiger partial charge < -0.3 is 11.1 Å². The zero-order chi connectivity index (χ0) is 11.4. The summed E-state index contributed by atoms with van der Waals surface area (Å²) in [6.07, 6.45) is 0. The molecule has 4 heteroatoms. The Morgan fingerprint density at radius 1 is 1.25 bits per heavy atom. The summed E-state index contributed by atoms with van der Waals surface area (Å²) in [7, 11) is 0. The van der Waals surface area contributed by atoms with Crippen LogP contribution in [0.25, 0.3) is 0 Å². The van der Waals surface area contributed by atoms with Crippen LogP contribution in [0.15, 0.2) is 36.4 Å². The van der Waals surface area contributed by atoms with Crippen molar-refractivity contribution >= 4 is 11.6 Å². The molecule has 0 atom stereocenters. The van der Waals surface area contributed by atoms with E-state index in [1.165, 1.54) is 12.1 Å². The summed E-state index contributed by atoms with van der Waals surface area (Å²) in [6, 6.07) is 12.5. The number of nitrogen functional groups attached to an aromatic ring is 1. The molecule has 2 aromatic rings. The van der Waals surface area contributed by atoms with Crippen LogP contribution in [0.5, 0.6) is 0 Å². The maximum atomic E-state index is 12.6. The number of nitrogens with zero attached hydrogens (tertiary/aromatic N) is 1. The van der Waals surface area contributed by atoms with Crippen LogP contribution in [0.4, 0.5) is 16.0 Å². The van der Waals surface area contributed by atoms with Gasteiger partial charge in [-0.2, -0.15) is 0 Å². The number of nitrogens with one attached hydrogen (secondary N) is 1. The quantitative estimate of drug-likeness (QED) is 0.827. The van der Waals surface area contributed by atoms with E-state index in [2.05, 4.69) is 16.4 Å². The normalized spacial score (nSPS) is 10.1. The molecule has 16 heavy (non-hydrogen) atoms. The van der Waals surface area contributed by atoms with Crippen LogP contribution in [0, 0.1) is 11.9 Å². The molecule has 0 amide bonds. The molecule has 0 fully saturated rings. The van der Waals surface area contributed by atoms with Crippen molar-refractivity contribution in [3.05, 3.63) is 53.8 Å². The number of benzene rings is 1.